The summed E-state index contributed by atoms with van der Waals surface area (Å²) < 4.78 is 10.5. The number of halogens is 1. The maximum Gasteiger partial charge on any atom is 0.179 e. The molecule has 0 aliphatic carbocycles. The Hall–Kier alpha value is -0.930. The number of hydrogen-bond acceptors (Lipinski definition) is 3. The van der Waals surface area contributed by atoms with Gasteiger partial charge in [0.15, 0.2) is 11.5 Å². The molecule has 2 unspecified atom stereocenters. The van der Waals surface area contributed by atoms with Crippen LogP contribution in [0.1, 0.15) is 32.8 Å². The zero-order valence-electron chi connectivity index (χ0n) is 12.4. The molecule has 1 N–H and O–H groups in total. The Bertz CT molecular complexity index is 409. The second-order valence-corrected chi connectivity index (χ2v) is 5.21. The van der Waals surface area contributed by atoms with E-state index in [-0.39, 0.29) is 0 Å². The summed E-state index contributed by atoms with van der Waals surface area (Å²) in [4.78, 5) is 0. The van der Waals surface area contributed by atoms with Gasteiger partial charge in [-0.05, 0) is 24.5 Å². The molecule has 0 aliphatic heterocycles. The fourth-order valence-electron chi connectivity index (χ4n) is 1.89. The summed E-state index contributed by atoms with van der Waals surface area (Å²) in [6.07, 6.45) is 1.16. The number of ether oxygens (including phenoxy) is 2. The smallest absolute Gasteiger partial charge is 0.179 e. The summed E-state index contributed by atoms with van der Waals surface area (Å²) in [6, 6.07) is 4.31. The Labute approximate surface area is 121 Å². The SMILES string of the molecule is CCC(C)C(C)NCc1ccc(OC)c(OC)c1Cl. The van der Waals surface area contributed by atoms with Crippen molar-refractivity contribution in [3.63, 3.8) is 0 Å². The molecule has 2 atom stereocenters. The van der Waals surface area contributed by atoms with E-state index in [0.717, 1.165) is 18.5 Å². The molecule has 0 radical (unpaired) electrons. The first-order chi connectivity index (χ1) is 9.04. The summed E-state index contributed by atoms with van der Waals surface area (Å²) in [5.74, 6) is 1.89. The van der Waals surface area contributed by atoms with Crippen molar-refractivity contribution >= 4 is 11.6 Å². The standard InChI is InChI=1S/C15H24ClNO2/c1-6-10(2)11(3)17-9-12-7-8-13(18-4)15(19-5)14(12)16/h7-8,10-11,17H,6,9H2,1-5H3. The minimum atomic E-state index is 0.453. The van der Waals surface area contributed by atoms with Gasteiger partial charge in [-0.3, -0.25) is 0 Å². The normalized spacial score (nSPS) is 14.0. The second kappa shape index (κ2) is 7.61. The van der Waals surface area contributed by atoms with Gasteiger partial charge >= 0.3 is 0 Å². The lowest BCUT2D eigenvalue weighted by molar-refractivity contribution is 0.353. The summed E-state index contributed by atoms with van der Waals surface area (Å²) >= 11 is 6.34. The molecule has 0 bridgehead atoms. The van der Waals surface area contributed by atoms with Crippen LogP contribution in [-0.4, -0.2) is 20.3 Å². The van der Waals surface area contributed by atoms with Gasteiger partial charge in [-0.1, -0.05) is 37.9 Å². The van der Waals surface area contributed by atoms with Crippen LogP contribution < -0.4 is 14.8 Å². The lowest BCUT2D eigenvalue weighted by Gasteiger charge is -2.21. The van der Waals surface area contributed by atoms with Crippen molar-refractivity contribution in [2.75, 3.05) is 14.2 Å². The Morgan fingerprint density at radius 2 is 1.89 bits per heavy atom. The largest absolute Gasteiger partial charge is 0.493 e. The van der Waals surface area contributed by atoms with Gasteiger partial charge in [-0.2, -0.15) is 0 Å². The number of benzene rings is 1. The number of rotatable bonds is 7. The Kier molecular flexibility index (Phi) is 6.46. The highest BCUT2D eigenvalue weighted by Crippen LogP contribution is 2.37. The maximum atomic E-state index is 6.34. The first kappa shape index (κ1) is 16.1. The fraction of sp³-hybridized carbons (Fsp3) is 0.600. The molecule has 108 valence electrons. The predicted molar refractivity (Wildman–Crippen MR) is 80.3 cm³/mol. The van der Waals surface area contributed by atoms with E-state index in [0.29, 0.717) is 28.5 Å². The highest BCUT2D eigenvalue weighted by atomic mass is 35.5. The average molecular weight is 286 g/mol. The van der Waals surface area contributed by atoms with E-state index in [4.69, 9.17) is 21.1 Å². The predicted octanol–water partition coefficient (Wildman–Crippen LogP) is 3.88. The lowest BCUT2D eigenvalue weighted by atomic mass is 10.0. The van der Waals surface area contributed by atoms with Crippen LogP contribution in [0.5, 0.6) is 11.5 Å². The monoisotopic (exact) mass is 285 g/mol. The van der Waals surface area contributed by atoms with Crippen LogP contribution in [0.15, 0.2) is 12.1 Å². The van der Waals surface area contributed by atoms with Crippen LogP contribution in [0.3, 0.4) is 0 Å². The van der Waals surface area contributed by atoms with Gasteiger partial charge in [0.05, 0.1) is 19.2 Å². The van der Waals surface area contributed by atoms with Crippen molar-refractivity contribution in [3.8, 4) is 11.5 Å². The molecule has 0 spiro atoms. The Morgan fingerprint density at radius 3 is 2.42 bits per heavy atom. The maximum absolute atomic E-state index is 6.34. The van der Waals surface area contributed by atoms with Crippen molar-refractivity contribution in [2.45, 2.75) is 39.8 Å². The van der Waals surface area contributed by atoms with Gasteiger partial charge in [-0.15, -0.1) is 0 Å². The average Bonchev–Trinajstić information content (AvgIpc) is 2.44. The Morgan fingerprint density at radius 1 is 1.21 bits per heavy atom. The highest BCUT2D eigenvalue weighted by Gasteiger charge is 2.15. The molecular weight excluding hydrogens is 262 g/mol. The summed E-state index contributed by atoms with van der Waals surface area (Å²) in [5.41, 5.74) is 1.02. The molecule has 0 aliphatic rings. The third kappa shape index (κ3) is 4.02. The molecule has 19 heavy (non-hydrogen) atoms. The van der Waals surface area contributed by atoms with Gasteiger partial charge in [0.25, 0.3) is 0 Å². The van der Waals surface area contributed by atoms with Crippen molar-refractivity contribution in [1.29, 1.82) is 0 Å². The molecule has 3 nitrogen and oxygen atoms in total. The lowest BCUT2D eigenvalue weighted by Crippen LogP contribution is -2.31. The molecular formula is C15H24ClNO2. The quantitative estimate of drug-likeness (QED) is 0.825. The van der Waals surface area contributed by atoms with Crippen molar-refractivity contribution in [1.82, 2.24) is 5.32 Å². The Balaban J connectivity index is 2.80. The third-order valence-electron chi connectivity index (χ3n) is 3.68. The van der Waals surface area contributed by atoms with Crippen LogP contribution in [0.2, 0.25) is 5.02 Å². The van der Waals surface area contributed by atoms with E-state index in [1.165, 1.54) is 0 Å². The van der Waals surface area contributed by atoms with E-state index < -0.39 is 0 Å². The number of nitrogens with one attached hydrogen (secondary N) is 1. The minimum Gasteiger partial charge on any atom is -0.493 e. The zero-order chi connectivity index (χ0) is 14.4. The minimum absolute atomic E-state index is 0.453. The topological polar surface area (TPSA) is 30.5 Å². The van der Waals surface area contributed by atoms with E-state index in [1.807, 2.05) is 12.1 Å². The molecule has 4 heteroatoms. The van der Waals surface area contributed by atoms with Crippen molar-refractivity contribution in [2.24, 2.45) is 5.92 Å². The summed E-state index contributed by atoms with van der Waals surface area (Å²) in [6.45, 7) is 7.37. The number of methoxy groups -OCH3 is 2. The van der Waals surface area contributed by atoms with Gasteiger partial charge < -0.3 is 14.8 Å². The van der Waals surface area contributed by atoms with Crippen LogP contribution in [0.25, 0.3) is 0 Å². The molecule has 0 heterocycles. The molecule has 0 fully saturated rings. The molecule has 0 aromatic heterocycles. The van der Waals surface area contributed by atoms with E-state index in [2.05, 4.69) is 26.1 Å². The van der Waals surface area contributed by atoms with Crippen molar-refractivity contribution < 1.29 is 9.47 Å². The molecule has 1 rings (SSSR count). The fourth-order valence-corrected chi connectivity index (χ4v) is 2.19. The highest BCUT2D eigenvalue weighted by molar-refractivity contribution is 6.33. The van der Waals surface area contributed by atoms with Crippen LogP contribution >= 0.6 is 11.6 Å². The third-order valence-corrected chi connectivity index (χ3v) is 4.09. The summed E-state index contributed by atoms with van der Waals surface area (Å²) in [7, 11) is 3.21. The molecule has 0 saturated heterocycles. The zero-order valence-corrected chi connectivity index (χ0v) is 13.2. The van der Waals surface area contributed by atoms with E-state index in [9.17, 15) is 0 Å². The first-order valence-corrected chi connectivity index (χ1v) is 7.05. The molecule has 0 saturated carbocycles. The van der Waals surface area contributed by atoms with Crippen molar-refractivity contribution in [3.05, 3.63) is 22.7 Å². The van der Waals surface area contributed by atoms with Gasteiger partial charge in [0.1, 0.15) is 0 Å². The molecule has 0 amide bonds. The molecule has 1 aromatic carbocycles. The van der Waals surface area contributed by atoms with Gasteiger partial charge in [0.2, 0.25) is 0 Å². The van der Waals surface area contributed by atoms with Crippen LogP contribution in [0.4, 0.5) is 0 Å². The van der Waals surface area contributed by atoms with Gasteiger partial charge in [0, 0.05) is 12.6 Å². The van der Waals surface area contributed by atoms with E-state index >= 15 is 0 Å². The first-order valence-electron chi connectivity index (χ1n) is 6.67. The van der Waals surface area contributed by atoms with Crippen LogP contribution in [0, 0.1) is 5.92 Å². The second-order valence-electron chi connectivity index (χ2n) is 4.83. The van der Waals surface area contributed by atoms with Crippen LogP contribution in [-0.2, 0) is 6.54 Å². The number of hydrogen-bond donors (Lipinski definition) is 1. The van der Waals surface area contributed by atoms with Gasteiger partial charge in [-0.25, -0.2) is 0 Å². The summed E-state index contributed by atoms with van der Waals surface area (Å²) in [5, 5.41) is 4.11. The van der Waals surface area contributed by atoms with E-state index in [1.54, 1.807) is 14.2 Å². The molecule has 1 aromatic rings.